The van der Waals surface area contributed by atoms with E-state index in [0.29, 0.717) is 22.5 Å². The molecule has 0 bridgehead atoms. The highest BCUT2D eigenvalue weighted by Gasteiger charge is 2.15. The lowest BCUT2D eigenvalue weighted by Crippen LogP contribution is -2.06. The zero-order valence-electron chi connectivity index (χ0n) is 12.7. The molecule has 0 spiro atoms. The van der Waals surface area contributed by atoms with Crippen molar-refractivity contribution in [3.8, 4) is 11.5 Å². The monoisotopic (exact) mass is 324 g/mol. The van der Waals surface area contributed by atoms with Crippen LogP contribution in [0.15, 0.2) is 70.5 Å². The van der Waals surface area contributed by atoms with Crippen molar-refractivity contribution in [1.82, 2.24) is 0 Å². The predicted molar refractivity (Wildman–Crippen MR) is 92.1 cm³/mol. The van der Waals surface area contributed by atoms with Crippen molar-refractivity contribution in [1.29, 1.82) is 0 Å². The number of ether oxygens (including phenoxy) is 1. The third kappa shape index (κ3) is 3.32. The second-order valence-corrected chi connectivity index (χ2v) is 6.13. The molecule has 0 amide bonds. The summed E-state index contributed by atoms with van der Waals surface area (Å²) in [7, 11) is 0. The number of phenolic OH excluding ortho intramolecular Hbond substituents is 1. The molecule has 1 N–H and O–H groups in total. The summed E-state index contributed by atoms with van der Waals surface area (Å²) in [5, 5.41) is 12.0. The first kappa shape index (κ1) is 15.4. The van der Waals surface area contributed by atoms with E-state index in [2.05, 4.69) is 0 Å². The summed E-state index contributed by atoms with van der Waals surface area (Å²) < 4.78 is 5.45. The Hall–Kier alpha value is -2.46. The molecule has 23 heavy (non-hydrogen) atoms. The van der Waals surface area contributed by atoms with E-state index >= 15 is 0 Å². The van der Waals surface area contributed by atoms with Crippen LogP contribution in [0, 0.1) is 0 Å². The Morgan fingerprint density at radius 1 is 1.04 bits per heavy atom. The van der Waals surface area contributed by atoms with Gasteiger partial charge >= 0.3 is 5.97 Å². The Kier molecular flexibility index (Phi) is 4.53. The normalized spacial score (nSPS) is 10.7. The van der Waals surface area contributed by atoms with Gasteiger partial charge in [-0.15, -0.1) is 0 Å². The molecule has 116 valence electrons. The van der Waals surface area contributed by atoms with Gasteiger partial charge in [-0.05, 0) is 18.2 Å². The molecule has 3 aromatic rings. The minimum atomic E-state index is -0.295. The zero-order chi connectivity index (χ0) is 16.2. The van der Waals surface area contributed by atoms with Gasteiger partial charge < -0.3 is 9.84 Å². The fourth-order valence-electron chi connectivity index (χ4n) is 2.27. The number of hydrogen-bond acceptors (Lipinski definition) is 4. The van der Waals surface area contributed by atoms with Crippen molar-refractivity contribution in [2.45, 2.75) is 23.1 Å². The molecule has 0 aliphatic rings. The maximum atomic E-state index is 11.7. The van der Waals surface area contributed by atoms with Crippen LogP contribution < -0.4 is 4.74 Å². The number of carbonyl (C=O) groups is 1. The molecule has 3 nitrogen and oxygen atoms in total. The number of benzene rings is 3. The lowest BCUT2D eigenvalue weighted by molar-refractivity contribution is -0.133. The lowest BCUT2D eigenvalue weighted by atomic mass is 10.1. The van der Waals surface area contributed by atoms with Crippen molar-refractivity contribution in [2.75, 3.05) is 0 Å². The largest absolute Gasteiger partial charge is 0.506 e. The van der Waals surface area contributed by atoms with Gasteiger partial charge in [0.2, 0.25) is 0 Å². The van der Waals surface area contributed by atoms with E-state index in [0.717, 1.165) is 10.3 Å². The standard InChI is InChI=1S/C19H16O3S/c1-2-18(20)22-16-12-17(23-13-8-4-3-5-9-13)19(21)15-11-7-6-10-14(15)16/h3-12,21H,2H2,1H3. The second-order valence-electron chi connectivity index (χ2n) is 5.01. The van der Waals surface area contributed by atoms with E-state index in [1.54, 1.807) is 13.0 Å². The van der Waals surface area contributed by atoms with Crippen LogP contribution in [0.1, 0.15) is 13.3 Å². The number of hydrogen-bond donors (Lipinski definition) is 1. The van der Waals surface area contributed by atoms with Crippen LogP contribution in [0.3, 0.4) is 0 Å². The summed E-state index contributed by atoms with van der Waals surface area (Å²) >= 11 is 1.44. The van der Waals surface area contributed by atoms with E-state index in [9.17, 15) is 9.90 Å². The van der Waals surface area contributed by atoms with Crippen molar-refractivity contribution >= 4 is 28.5 Å². The molecule has 0 aromatic heterocycles. The fourth-order valence-corrected chi connectivity index (χ4v) is 3.19. The summed E-state index contributed by atoms with van der Waals surface area (Å²) in [5.74, 6) is 0.380. The highest BCUT2D eigenvalue weighted by Crippen LogP contribution is 2.43. The Balaban J connectivity index is 2.10. The van der Waals surface area contributed by atoms with Gasteiger partial charge in [-0.1, -0.05) is 61.2 Å². The average molecular weight is 324 g/mol. The molecule has 0 saturated carbocycles. The molecule has 0 fully saturated rings. The van der Waals surface area contributed by atoms with E-state index in [-0.39, 0.29) is 11.7 Å². The van der Waals surface area contributed by atoms with Gasteiger partial charge in [0.25, 0.3) is 0 Å². The summed E-state index contributed by atoms with van der Waals surface area (Å²) in [4.78, 5) is 13.4. The molecule has 0 radical (unpaired) electrons. The van der Waals surface area contributed by atoms with Gasteiger partial charge in [0.1, 0.15) is 11.5 Å². The van der Waals surface area contributed by atoms with Gasteiger partial charge in [-0.25, -0.2) is 0 Å². The number of esters is 1. The Bertz CT molecular complexity index is 844. The van der Waals surface area contributed by atoms with Crippen molar-refractivity contribution < 1.29 is 14.6 Å². The second kappa shape index (κ2) is 6.75. The third-order valence-electron chi connectivity index (χ3n) is 3.43. The van der Waals surface area contributed by atoms with Crippen LogP contribution in [0.2, 0.25) is 0 Å². The third-order valence-corrected chi connectivity index (χ3v) is 4.47. The zero-order valence-corrected chi connectivity index (χ0v) is 13.5. The van der Waals surface area contributed by atoms with Gasteiger partial charge in [-0.3, -0.25) is 4.79 Å². The number of carbonyl (C=O) groups excluding carboxylic acids is 1. The molecule has 0 aliphatic carbocycles. The average Bonchev–Trinajstić information content (AvgIpc) is 2.60. The summed E-state index contributed by atoms with van der Waals surface area (Å²) in [6.45, 7) is 1.75. The molecular formula is C19H16O3S. The SMILES string of the molecule is CCC(=O)Oc1cc(Sc2ccccc2)c(O)c2ccccc12. The predicted octanol–water partition coefficient (Wildman–Crippen LogP) is 5.01. The number of rotatable bonds is 4. The number of fused-ring (bicyclic) bond motifs is 1. The van der Waals surface area contributed by atoms with Crippen LogP contribution in [0.5, 0.6) is 11.5 Å². The van der Waals surface area contributed by atoms with Gasteiger partial charge in [0.05, 0.1) is 4.90 Å². The van der Waals surface area contributed by atoms with Crippen LogP contribution in [-0.2, 0) is 4.79 Å². The highest BCUT2D eigenvalue weighted by atomic mass is 32.2. The molecule has 3 aromatic carbocycles. The van der Waals surface area contributed by atoms with Crippen LogP contribution in [0.4, 0.5) is 0 Å². The molecule has 0 atom stereocenters. The highest BCUT2D eigenvalue weighted by molar-refractivity contribution is 7.99. The first-order valence-electron chi connectivity index (χ1n) is 7.37. The summed E-state index contributed by atoms with van der Waals surface area (Å²) in [6, 6.07) is 18.9. The quantitative estimate of drug-likeness (QED) is 0.541. The molecule has 0 unspecified atom stereocenters. The first-order chi connectivity index (χ1) is 11.2. The lowest BCUT2D eigenvalue weighted by Gasteiger charge is -2.12. The smallest absolute Gasteiger partial charge is 0.310 e. The van der Waals surface area contributed by atoms with Crippen molar-refractivity contribution in [3.63, 3.8) is 0 Å². The van der Waals surface area contributed by atoms with E-state index in [4.69, 9.17) is 4.74 Å². The van der Waals surface area contributed by atoms with Crippen LogP contribution >= 0.6 is 11.8 Å². The van der Waals surface area contributed by atoms with Gasteiger partial charge in [0.15, 0.2) is 0 Å². The molecule has 0 saturated heterocycles. The van der Waals surface area contributed by atoms with E-state index in [1.807, 2.05) is 54.6 Å². The maximum absolute atomic E-state index is 11.7. The Labute approximate surface area is 138 Å². The fraction of sp³-hybridized carbons (Fsp3) is 0.105. The molecule has 4 heteroatoms. The molecule has 0 aliphatic heterocycles. The van der Waals surface area contributed by atoms with Crippen LogP contribution in [-0.4, -0.2) is 11.1 Å². The number of aromatic hydroxyl groups is 1. The van der Waals surface area contributed by atoms with Gasteiger partial charge in [0, 0.05) is 22.1 Å². The molecule has 3 rings (SSSR count). The van der Waals surface area contributed by atoms with Gasteiger partial charge in [-0.2, -0.15) is 0 Å². The van der Waals surface area contributed by atoms with Crippen molar-refractivity contribution in [3.05, 3.63) is 60.7 Å². The molecule has 0 heterocycles. The Morgan fingerprint density at radius 2 is 1.70 bits per heavy atom. The topological polar surface area (TPSA) is 46.5 Å². The minimum Gasteiger partial charge on any atom is -0.506 e. The maximum Gasteiger partial charge on any atom is 0.310 e. The number of phenols is 1. The molecular weight excluding hydrogens is 308 g/mol. The van der Waals surface area contributed by atoms with Crippen LogP contribution in [0.25, 0.3) is 10.8 Å². The summed E-state index contributed by atoms with van der Waals surface area (Å²) in [6.07, 6.45) is 0.302. The van der Waals surface area contributed by atoms with Crippen molar-refractivity contribution in [2.24, 2.45) is 0 Å². The minimum absolute atomic E-state index is 0.200. The first-order valence-corrected chi connectivity index (χ1v) is 8.19. The van der Waals surface area contributed by atoms with E-state index in [1.165, 1.54) is 11.8 Å². The summed E-state index contributed by atoms with van der Waals surface area (Å²) in [5.41, 5.74) is 0. The Morgan fingerprint density at radius 3 is 2.39 bits per heavy atom. The van der Waals surface area contributed by atoms with E-state index < -0.39 is 0 Å².